The molecule has 0 bridgehead atoms. The SMILES string of the molecule is O=C1C2=C(C(c3ccccc3)=NCCN2)[C@H](c2ccc(F)cc2)N1CCN1CCOCC1. The third-order valence-corrected chi connectivity index (χ3v) is 6.26. The maximum atomic E-state index is 13.7. The molecule has 0 saturated carbocycles. The van der Waals surface area contributed by atoms with Crippen molar-refractivity contribution < 1.29 is 13.9 Å². The Kier molecular flexibility index (Phi) is 6.01. The fraction of sp³-hybridized carbons (Fsp3) is 0.360. The van der Waals surface area contributed by atoms with Crippen LogP contribution in [-0.2, 0) is 9.53 Å². The first-order chi connectivity index (χ1) is 15.7. The Balaban J connectivity index is 1.54. The van der Waals surface area contributed by atoms with Gasteiger partial charge in [-0.25, -0.2) is 4.39 Å². The van der Waals surface area contributed by atoms with Gasteiger partial charge in [0.05, 0.1) is 31.5 Å². The van der Waals surface area contributed by atoms with Crippen LogP contribution in [0.25, 0.3) is 0 Å². The Hall–Kier alpha value is -3.03. The third-order valence-electron chi connectivity index (χ3n) is 6.26. The lowest BCUT2D eigenvalue weighted by molar-refractivity contribution is -0.127. The monoisotopic (exact) mass is 434 g/mol. The minimum Gasteiger partial charge on any atom is -0.379 e. The number of hydrogen-bond acceptors (Lipinski definition) is 5. The first-order valence-corrected chi connectivity index (χ1v) is 11.2. The maximum Gasteiger partial charge on any atom is 0.271 e. The lowest BCUT2D eigenvalue weighted by atomic mass is 9.91. The number of amides is 1. The Morgan fingerprint density at radius 3 is 2.53 bits per heavy atom. The number of nitrogens with one attached hydrogen (secondary N) is 1. The van der Waals surface area contributed by atoms with Crippen molar-refractivity contribution in [2.75, 3.05) is 52.5 Å². The molecule has 7 heteroatoms. The maximum absolute atomic E-state index is 13.7. The van der Waals surface area contributed by atoms with Crippen LogP contribution in [0.2, 0.25) is 0 Å². The standard InChI is InChI=1S/C25H27FN4O2/c26-20-8-6-19(7-9-20)24-21-22(18-4-2-1-3-5-18)27-10-11-28-23(21)25(31)30(24)13-12-29-14-16-32-17-15-29/h1-9,24,28H,10-17H2/t24-/m0/s1. The second kappa shape index (κ2) is 9.22. The fourth-order valence-electron chi connectivity index (χ4n) is 4.66. The molecule has 2 aromatic carbocycles. The van der Waals surface area contributed by atoms with Gasteiger partial charge in [-0.2, -0.15) is 0 Å². The number of nitrogens with zero attached hydrogens (tertiary/aromatic N) is 3. The lowest BCUT2D eigenvalue weighted by Crippen LogP contribution is -2.43. The molecule has 0 radical (unpaired) electrons. The van der Waals surface area contributed by atoms with Crippen LogP contribution in [0.4, 0.5) is 4.39 Å². The van der Waals surface area contributed by atoms with Crippen LogP contribution in [-0.4, -0.2) is 73.9 Å². The van der Waals surface area contributed by atoms with Crippen LogP contribution in [0, 0.1) is 5.82 Å². The molecule has 0 aliphatic carbocycles. The van der Waals surface area contributed by atoms with Crippen LogP contribution in [0.3, 0.4) is 0 Å². The first kappa shape index (κ1) is 20.8. The highest BCUT2D eigenvalue weighted by Crippen LogP contribution is 2.39. The number of rotatable bonds is 5. The van der Waals surface area contributed by atoms with Gasteiger partial charge in [-0.1, -0.05) is 42.5 Å². The van der Waals surface area contributed by atoms with E-state index in [9.17, 15) is 9.18 Å². The van der Waals surface area contributed by atoms with Gasteiger partial charge < -0.3 is 15.0 Å². The Morgan fingerprint density at radius 2 is 1.78 bits per heavy atom. The third kappa shape index (κ3) is 4.06. The predicted molar refractivity (Wildman–Crippen MR) is 121 cm³/mol. The smallest absolute Gasteiger partial charge is 0.271 e. The van der Waals surface area contributed by atoms with Crippen molar-refractivity contribution >= 4 is 11.6 Å². The molecule has 1 amide bonds. The van der Waals surface area contributed by atoms with E-state index >= 15 is 0 Å². The molecular formula is C25H27FN4O2. The van der Waals surface area contributed by atoms with Crippen LogP contribution >= 0.6 is 0 Å². The summed E-state index contributed by atoms with van der Waals surface area (Å²) in [6.45, 7) is 5.72. The zero-order chi connectivity index (χ0) is 21.9. The molecule has 3 aliphatic rings. The molecule has 1 fully saturated rings. The highest BCUT2D eigenvalue weighted by Gasteiger charge is 2.43. The van der Waals surface area contributed by atoms with Crippen molar-refractivity contribution in [1.82, 2.24) is 15.1 Å². The van der Waals surface area contributed by atoms with E-state index in [-0.39, 0.29) is 17.8 Å². The molecule has 2 aromatic rings. The van der Waals surface area contributed by atoms with Crippen LogP contribution in [0.1, 0.15) is 17.2 Å². The van der Waals surface area contributed by atoms with E-state index in [1.807, 2.05) is 35.2 Å². The number of carbonyl (C=O) groups excluding carboxylic acids is 1. The molecule has 1 atom stereocenters. The quantitative estimate of drug-likeness (QED) is 0.785. The molecule has 0 spiro atoms. The van der Waals surface area contributed by atoms with Gasteiger partial charge in [0.2, 0.25) is 0 Å². The van der Waals surface area contributed by atoms with Crippen molar-refractivity contribution in [3.05, 3.63) is 82.8 Å². The topological polar surface area (TPSA) is 57.2 Å². The summed E-state index contributed by atoms with van der Waals surface area (Å²) in [7, 11) is 0. The number of hydrogen-bond donors (Lipinski definition) is 1. The van der Waals surface area contributed by atoms with E-state index in [1.165, 1.54) is 12.1 Å². The zero-order valence-electron chi connectivity index (χ0n) is 18.0. The summed E-state index contributed by atoms with van der Waals surface area (Å²) in [4.78, 5) is 22.7. The van der Waals surface area contributed by atoms with Crippen molar-refractivity contribution in [1.29, 1.82) is 0 Å². The summed E-state index contributed by atoms with van der Waals surface area (Å²) in [5.74, 6) is -0.309. The van der Waals surface area contributed by atoms with Gasteiger partial charge in [-0.3, -0.25) is 14.7 Å². The summed E-state index contributed by atoms with van der Waals surface area (Å²) >= 11 is 0. The highest BCUT2D eigenvalue weighted by molar-refractivity contribution is 6.19. The first-order valence-electron chi connectivity index (χ1n) is 11.2. The van der Waals surface area contributed by atoms with Gasteiger partial charge in [-0.05, 0) is 17.7 Å². The fourth-order valence-corrected chi connectivity index (χ4v) is 4.66. The Bertz CT molecular complexity index is 1030. The molecule has 3 heterocycles. The van der Waals surface area contributed by atoms with Gasteiger partial charge >= 0.3 is 0 Å². The highest BCUT2D eigenvalue weighted by atomic mass is 19.1. The summed E-state index contributed by atoms with van der Waals surface area (Å²) < 4.78 is 19.2. The molecule has 0 unspecified atom stereocenters. The molecular weight excluding hydrogens is 407 g/mol. The van der Waals surface area contributed by atoms with Gasteiger partial charge in [0, 0.05) is 43.9 Å². The van der Waals surface area contributed by atoms with Crippen LogP contribution in [0.15, 0.2) is 70.9 Å². The van der Waals surface area contributed by atoms with E-state index in [1.54, 1.807) is 12.1 Å². The van der Waals surface area contributed by atoms with Gasteiger partial charge in [0.15, 0.2) is 0 Å². The van der Waals surface area contributed by atoms with Crippen molar-refractivity contribution in [3.63, 3.8) is 0 Å². The van der Waals surface area contributed by atoms with E-state index < -0.39 is 0 Å². The lowest BCUT2D eigenvalue weighted by Gasteiger charge is -2.32. The van der Waals surface area contributed by atoms with E-state index in [0.717, 1.165) is 55.3 Å². The second-order valence-corrected chi connectivity index (χ2v) is 8.22. The Morgan fingerprint density at radius 1 is 1.03 bits per heavy atom. The molecule has 32 heavy (non-hydrogen) atoms. The van der Waals surface area contributed by atoms with E-state index in [2.05, 4.69) is 10.2 Å². The average Bonchev–Trinajstić information content (AvgIpc) is 2.97. The number of carbonyl (C=O) groups is 1. The number of benzene rings is 2. The van der Waals surface area contributed by atoms with Gasteiger partial charge in [0.25, 0.3) is 5.91 Å². The number of morpholine rings is 1. The van der Waals surface area contributed by atoms with Crippen molar-refractivity contribution in [2.24, 2.45) is 4.99 Å². The molecule has 1 N–H and O–H groups in total. The van der Waals surface area contributed by atoms with Crippen LogP contribution < -0.4 is 5.32 Å². The molecule has 166 valence electrons. The van der Waals surface area contributed by atoms with E-state index in [4.69, 9.17) is 9.73 Å². The molecule has 6 nitrogen and oxygen atoms in total. The minimum atomic E-state index is -0.316. The largest absolute Gasteiger partial charge is 0.379 e. The molecule has 3 aliphatic heterocycles. The predicted octanol–water partition coefficient (Wildman–Crippen LogP) is 2.39. The summed E-state index contributed by atoms with van der Waals surface area (Å²) in [5.41, 5.74) is 4.20. The molecule has 0 aromatic heterocycles. The normalized spacial score (nSPS) is 21.8. The van der Waals surface area contributed by atoms with Crippen molar-refractivity contribution in [2.45, 2.75) is 6.04 Å². The van der Waals surface area contributed by atoms with E-state index in [0.29, 0.717) is 25.3 Å². The zero-order valence-corrected chi connectivity index (χ0v) is 18.0. The minimum absolute atomic E-state index is 0.0203. The Labute approximate surface area is 187 Å². The summed E-state index contributed by atoms with van der Waals surface area (Å²) in [6.07, 6.45) is 0. The summed E-state index contributed by atoms with van der Waals surface area (Å²) in [6, 6.07) is 16.1. The second-order valence-electron chi connectivity index (χ2n) is 8.22. The van der Waals surface area contributed by atoms with Gasteiger partial charge in [0.1, 0.15) is 11.5 Å². The number of aliphatic imine (C=N–C) groups is 1. The molecule has 1 saturated heterocycles. The average molecular weight is 435 g/mol. The molecule has 5 rings (SSSR count). The van der Waals surface area contributed by atoms with Crippen molar-refractivity contribution in [3.8, 4) is 0 Å². The number of ether oxygens (including phenoxy) is 1. The van der Waals surface area contributed by atoms with Gasteiger partial charge in [-0.15, -0.1) is 0 Å². The summed E-state index contributed by atoms with van der Waals surface area (Å²) in [5, 5.41) is 3.34. The number of halogens is 1. The van der Waals surface area contributed by atoms with Crippen LogP contribution in [0.5, 0.6) is 0 Å².